The Bertz CT molecular complexity index is 887. The van der Waals surface area contributed by atoms with Crippen LogP contribution in [0.25, 0.3) is 6.08 Å². The predicted molar refractivity (Wildman–Crippen MR) is 109 cm³/mol. The summed E-state index contributed by atoms with van der Waals surface area (Å²) in [6, 6.07) is 8.81. The number of rotatable bonds is 7. The number of anilines is 1. The summed E-state index contributed by atoms with van der Waals surface area (Å²) in [5.74, 6) is 2.29. The molecule has 0 radical (unpaired) electrons. The van der Waals surface area contributed by atoms with Crippen molar-refractivity contribution < 1.29 is 23.7 Å². The van der Waals surface area contributed by atoms with Crippen LogP contribution in [0.3, 0.4) is 0 Å². The lowest BCUT2D eigenvalue weighted by atomic mass is 9.98. The van der Waals surface area contributed by atoms with Crippen LogP contribution in [0.15, 0.2) is 35.9 Å². The molecule has 1 aliphatic rings. The fourth-order valence-electron chi connectivity index (χ4n) is 3.07. The molecule has 28 heavy (non-hydrogen) atoms. The number of allylic oxidation sites excluding steroid dienone is 1. The first kappa shape index (κ1) is 19.6. The summed E-state index contributed by atoms with van der Waals surface area (Å²) in [7, 11) is 1.58. The van der Waals surface area contributed by atoms with Crippen molar-refractivity contribution in [3.8, 4) is 23.0 Å². The van der Waals surface area contributed by atoms with Gasteiger partial charge in [0.2, 0.25) is 5.75 Å². The minimum Gasteiger partial charge on any atom is -0.493 e. The molecule has 0 amide bonds. The van der Waals surface area contributed by atoms with Crippen molar-refractivity contribution in [1.29, 1.82) is 0 Å². The summed E-state index contributed by atoms with van der Waals surface area (Å²) in [5.41, 5.74) is 8.45. The highest BCUT2D eigenvalue weighted by Crippen LogP contribution is 2.41. The predicted octanol–water partition coefficient (Wildman–Crippen LogP) is 4.12. The molecule has 0 unspecified atom stereocenters. The Morgan fingerprint density at radius 1 is 1.14 bits per heavy atom. The quantitative estimate of drug-likeness (QED) is 0.440. The first-order valence-corrected chi connectivity index (χ1v) is 9.32. The lowest BCUT2D eigenvalue weighted by Crippen LogP contribution is -2.16. The van der Waals surface area contributed by atoms with Gasteiger partial charge in [0.15, 0.2) is 17.3 Å². The Balaban J connectivity index is 1.93. The highest BCUT2D eigenvalue weighted by atomic mass is 16.6. The van der Waals surface area contributed by atoms with E-state index in [0.717, 1.165) is 5.56 Å². The number of carbonyl (C=O) groups is 1. The molecule has 0 fully saturated rings. The molecule has 6 heteroatoms. The maximum Gasteiger partial charge on any atom is 0.203 e. The SMILES string of the molecule is CCOc1ccc(C(=O)C(=Cc2cc(OC)c3c(c2)OCCO3)CC)cc1N. The molecule has 2 aromatic carbocycles. The summed E-state index contributed by atoms with van der Waals surface area (Å²) in [4.78, 5) is 13.0. The molecule has 0 saturated heterocycles. The molecular weight excluding hydrogens is 358 g/mol. The second-order valence-corrected chi connectivity index (χ2v) is 6.29. The monoisotopic (exact) mass is 383 g/mol. The molecule has 0 saturated carbocycles. The fourth-order valence-corrected chi connectivity index (χ4v) is 3.07. The number of nitrogen functional groups attached to an aromatic ring is 1. The molecule has 1 heterocycles. The third-order valence-corrected chi connectivity index (χ3v) is 4.44. The number of hydrogen-bond donors (Lipinski definition) is 1. The van der Waals surface area contributed by atoms with Crippen LogP contribution in [-0.2, 0) is 0 Å². The Labute approximate surface area is 164 Å². The Morgan fingerprint density at radius 3 is 2.61 bits per heavy atom. The fraction of sp³-hybridized carbons (Fsp3) is 0.318. The van der Waals surface area contributed by atoms with Crippen molar-refractivity contribution in [2.24, 2.45) is 0 Å². The standard InChI is InChI=1S/C22H25NO5/c1-4-15(21(24)16-6-7-18(26-5-2)17(23)13-16)10-14-11-19(25-3)22-20(12-14)27-8-9-28-22/h6-7,10-13H,4-5,8-9,23H2,1-3H3. The summed E-state index contributed by atoms with van der Waals surface area (Å²) in [6.45, 7) is 5.31. The number of hydrogen-bond acceptors (Lipinski definition) is 6. The van der Waals surface area contributed by atoms with Gasteiger partial charge >= 0.3 is 0 Å². The maximum atomic E-state index is 13.0. The van der Waals surface area contributed by atoms with Crippen molar-refractivity contribution in [2.45, 2.75) is 20.3 Å². The third-order valence-electron chi connectivity index (χ3n) is 4.44. The van der Waals surface area contributed by atoms with E-state index in [0.29, 0.717) is 66.1 Å². The Hall–Kier alpha value is -3.15. The van der Waals surface area contributed by atoms with Crippen molar-refractivity contribution in [3.05, 3.63) is 47.0 Å². The molecule has 2 aromatic rings. The van der Waals surface area contributed by atoms with E-state index in [2.05, 4.69) is 0 Å². The van der Waals surface area contributed by atoms with E-state index < -0.39 is 0 Å². The highest BCUT2D eigenvalue weighted by Gasteiger charge is 2.19. The minimum atomic E-state index is -0.0777. The van der Waals surface area contributed by atoms with E-state index in [-0.39, 0.29) is 5.78 Å². The van der Waals surface area contributed by atoms with Gasteiger partial charge in [0.1, 0.15) is 19.0 Å². The van der Waals surface area contributed by atoms with Crippen molar-refractivity contribution >= 4 is 17.5 Å². The second-order valence-electron chi connectivity index (χ2n) is 6.29. The number of ether oxygens (including phenoxy) is 4. The lowest BCUT2D eigenvalue weighted by Gasteiger charge is -2.21. The number of nitrogens with two attached hydrogens (primary N) is 1. The topological polar surface area (TPSA) is 80.0 Å². The van der Waals surface area contributed by atoms with Gasteiger partial charge in [0.25, 0.3) is 0 Å². The van der Waals surface area contributed by atoms with E-state index in [1.165, 1.54) is 0 Å². The average Bonchev–Trinajstić information content (AvgIpc) is 2.72. The molecule has 0 aromatic heterocycles. The van der Waals surface area contributed by atoms with E-state index in [1.54, 1.807) is 25.3 Å². The number of methoxy groups -OCH3 is 1. The van der Waals surface area contributed by atoms with E-state index in [9.17, 15) is 4.79 Å². The number of carbonyl (C=O) groups excluding carboxylic acids is 1. The zero-order chi connectivity index (χ0) is 20.1. The molecule has 6 nitrogen and oxygen atoms in total. The van der Waals surface area contributed by atoms with E-state index >= 15 is 0 Å². The Kier molecular flexibility index (Phi) is 6.09. The van der Waals surface area contributed by atoms with Crippen molar-refractivity contribution in [3.63, 3.8) is 0 Å². The summed E-state index contributed by atoms with van der Waals surface area (Å²) in [6.07, 6.45) is 2.42. The van der Waals surface area contributed by atoms with Crippen LogP contribution in [0.1, 0.15) is 36.2 Å². The van der Waals surface area contributed by atoms with E-state index in [4.69, 9.17) is 24.7 Å². The second kappa shape index (κ2) is 8.69. The summed E-state index contributed by atoms with van der Waals surface area (Å²) < 4.78 is 22.2. The molecule has 0 aliphatic carbocycles. The Morgan fingerprint density at radius 2 is 1.93 bits per heavy atom. The number of fused-ring (bicyclic) bond motifs is 1. The van der Waals surface area contributed by atoms with Gasteiger partial charge in [-0.2, -0.15) is 0 Å². The summed E-state index contributed by atoms with van der Waals surface area (Å²) in [5, 5.41) is 0. The number of benzene rings is 2. The molecule has 0 spiro atoms. The molecule has 148 valence electrons. The lowest BCUT2D eigenvalue weighted by molar-refractivity contribution is 0.103. The van der Waals surface area contributed by atoms with Crippen molar-refractivity contribution in [1.82, 2.24) is 0 Å². The molecular formula is C22H25NO5. The smallest absolute Gasteiger partial charge is 0.203 e. The molecule has 2 N–H and O–H groups in total. The largest absolute Gasteiger partial charge is 0.493 e. The minimum absolute atomic E-state index is 0.0777. The normalized spacial score (nSPS) is 13.2. The maximum absolute atomic E-state index is 13.0. The van der Waals surface area contributed by atoms with Gasteiger partial charge in [-0.15, -0.1) is 0 Å². The first-order chi connectivity index (χ1) is 13.6. The third kappa shape index (κ3) is 4.06. The van der Waals surface area contributed by atoms with Gasteiger partial charge in [-0.3, -0.25) is 4.79 Å². The zero-order valence-electron chi connectivity index (χ0n) is 16.4. The highest BCUT2D eigenvalue weighted by molar-refractivity contribution is 6.11. The van der Waals surface area contributed by atoms with Gasteiger partial charge in [-0.1, -0.05) is 6.92 Å². The molecule has 0 atom stereocenters. The van der Waals surface area contributed by atoms with Crippen LogP contribution in [0.5, 0.6) is 23.0 Å². The van der Waals surface area contributed by atoms with Crippen LogP contribution in [0.4, 0.5) is 5.69 Å². The van der Waals surface area contributed by atoms with Gasteiger partial charge in [-0.05, 0) is 55.3 Å². The molecule has 3 rings (SSSR count). The van der Waals surface area contributed by atoms with Crippen LogP contribution in [0.2, 0.25) is 0 Å². The zero-order valence-corrected chi connectivity index (χ0v) is 16.4. The van der Waals surface area contributed by atoms with Crippen LogP contribution in [-0.4, -0.2) is 32.7 Å². The molecule has 0 bridgehead atoms. The van der Waals surface area contributed by atoms with Crippen LogP contribution in [0, 0.1) is 0 Å². The molecule has 1 aliphatic heterocycles. The van der Waals surface area contributed by atoms with E-state index in [1.807, 2.05) is 32.1 Å². The van der Waals surface area contributed by atoms with Crippen LogP contribution >= 0.6 is 0 Å². The number of ketones is 1. The number of Topliss-reactive ketones (excluding diaryl/α,β-unsaturated/α-hetero) is 1. The van der Waals surface area contributed by atoms with Gasteiger partial charge in [0.05, 0.1) is 19.4 Å². The van der Waals surface area contributed by atoms with Gasteiger partial charge < -0.3 is 24.7 Å². The van der Waals surface area contributed by atoms with Gasteiger partial charge in [0, 0.05) is 11.1 Å². The van der Waals surface area contributed by atoms with Gasteiger partial charge in [-0.25, -0.2) is 0 Å². The first-order valence-electron chi connectivity index (χ1n) is 9.32. The van der Waals surface area contributed by atoms with Crippen molar-refractivity contribution in [2.75, 3.05) is 32.7 Å². The van der Waals surface area contributed by atoms with Crippen LogP contribution < -0.4 is 24.7 Å². The summed E-state index contributed by atoms with van der Waals surface area (Å²) >= 11 is 0. The average molecular weight is 383 g/mol.